The van der Waals surface area contributed by atoms with Gasteiger partial charge in [0.2, 0.25) is 0 Å². The molecule has 0 aliphatic rings. The van der Waals surface area contributed by atoms with E-state index in [0.717, 1.165) is 12.1 Å². The van der Waals surface area contributed by atoms with E-state index in [1.165, 1.54) is 47.5 Å². The topological polar surface area (TPSA) is 86.3 Å². The van der Waals surface area contributed by atoms with E-state index < -0.39 is 28.4 Å². The van der Waals surface area contributed by atoms with Gasteiger partial charge in [0.15, 0.2) is 0 Å². The Balaban J connectivity index is 1.76. The molecular formula is C27H24ClF2N3O4. The van der Waals surface area contributed by atoms with Gasteiger partial charge in [0.05, 0.1) is 11.3 Å². The van der Waals surface area contributed by atoms with Gasteiger partial charge in [-0.15, -0.1) is 0 Å². The first-order valence-electron chi connectivity index (χ1n) is 11.3. The van der Waals surface area contributed by atoms with Crippen molar-refractivity contribution in [3.05, 3.63) is 115 Å². The Morgan fingerprint density at radius 2 is 1.81 bits per heavy atom. The van der Waals surface area contributed by atoms with Crippen molar-refractivity contribution < 1.29 is 18.6 Å². The molecule has 1 N–H and O–H groups in total. The molecular weight excluding hydrogens is 504 g/mol. The molecule has 37 heavy (non-hydrogen) atoms. The molecule has 0 saturated carbocycles. The summed E-state index contributed by atoms with van der Waals surface area (Å²) in [6.07, 6.45) is 3.04. The average Bonchev–Trinajstić information content (AvgIpc) is 2.82. The van der Waals surface area contributed by atoms with Crippen LogP contribution in [-0.4, -0.2) is 19.2 Å². The van der Waals surface area contributed by atoms with E-state index in [2.05, 4.69) is 4.98 Å². The third-order valence-corrected chi connectivity index (χ3v) is 6.20. The third-order valence-electron chi connectivity index (χ3n) is 5.85. The van der Waals surface area contributed by atoms with Gasteiger partial charge >= 0.3 is 0 Å². The minimum absolute atomic E-state index is 0.0465. The van der Waals surface area contributed by atoms with Gasteiger partial charge in [-0.3, -0.25) is 18.7 Å². The van der Waals surface area contributed by atoms with Gasteiger partial charge < -0.3 is 9.84 Å². The summed E-state index contributed by atoms with van der Waals surface area (Å²) in [5, 5.41) is 10.1. The summed E-state index contributed by atoms with van der Waals surface area (Å²) in [6.45, 7) is 6.20. The lowest BCUT2D eigenvalue weighted by Gasteiger charge is -2.19. The summed E-state index contributed by atoms with van der Waals surface area (Å²) in [6, 6.07) is 9.38. The first-order chi connectivity index (χ1) is 17.4. The maximum atomic E-state index is 14.0. The number of nitrogens with zero attached hydrogens (tertiary/aromatic N) is 3. The maximum absolute atomic E-state index is 14.0. The second kappa shape index (κ2) is 9.91. The maximum Gasteiger partial charge on any atom is 0.277 e. The Labute approximate surface area is 216 Å². The molecule has 4 rings (SSSR count). The fourth-order valence-corrected chi connectivity index (χ4v) is 4.09. The predicted molar refractivity (Wildman–Crippen MR) is 136 cm³/mol. The van der Waals surface area contributed by atoms with Crippen LogP contribution in [0.5, 0.6) is 5.75 Å². The zero-order valence-corrected chi connectivity index (χ0v) is 21.3. The Morgan fingerprint density at radius 1 is 1.08 bits per heavy atom. The molecule has 0 spiro atoms. The molecule has 192 valence electrons. The number of halogens is 3. The van der Waals surface area contributed by atoms with Crippen molar-refractivity contribution in [1.29, 1.82) is 0 Å². The summed E-state index contributed by atoms with van der Waals surface area (Å²) in [7, 11) is 0. The molecule has 0 radical (unpaired) electrons. The van der Waals surface area contributed by atoms with Crippen molar-refractivity contribution in [2.75, 3.05) is 0 Å². The highest BCUT2D eigenvalue weighted by Crippen LogP contribution is 2.26. The van der Waals surface area contributed by atoms with Crippen LogP contribution in [0, 0.1) is 25.5 Å². The summed E-state index contributed by atoms with van der Waals surface area (Å²) in [4.78, 5) is 30.7. The minimum Gasteiger partial charge on any atom is -0.487 e. The van der Waals surface area contributed by atoms with Crippen molar-refractivity contribution in [3.8, 4) is 17.3 Å². The third kappa shape index (κ3) is 5.19. The number of hydrogen-bond donors (Lipinski definition) is 1. The Bertz CT molecular complexity index is 1620. The number of hydrogen-bond acceptors (Lipinski definition) is 5. The number of aliphatic hydroxyl groups is 1. The molecule has 1 aromatic carbocycles. The quantitative estimate of drug-likeness (QED) is 0.391. The molecule has 0 amide bonds. The Hall–Kier alpha value is -3.82. The highest BCUT2D eigenvalue weighted by atomic mass is 35.5. The average molecular weight is 528 g/mol. The molecule has 10 heteroatoms. The second-order valence-corrected chi connectivity index (χ2v) is 9.49. The molecule has 0 fully saturated rings. The molecule has 3 heterocycles. The van der Waals surface area contributed by atoms with Crippen LogP contribution >= 0.6 is 11.6 Å². The fraction of sp³-hybridized carbons (Fsp3) is 0.222. The number of rotatable bonds is 6. The standard InChI is InChI=1S/C27H24ClF2N3O4/c1-15-13-31-23(32-9-5-6-19(25(32)34)27(3,4)36)12-21(15)33-16(2)10-22(24(28)26(33)35)37-14-17-7-8-18(29)11-20(17)30/h5-13,36H,14H2,1-4H3. The monoisotopic (exact) mass is 527 g/mol. The van der Waals surface area contributed by atoms with Gasteiger partial charge in [0.25, 0.3) is 11.1 Å². The van der Waals surface area contributed by atoms with Crippen LogP contribution in [0.3, 0.4) is 0 Å². The van der Waals surface area contributed by atoms with E-state index in [1.54, 1.807) is 32.0 Å². The molecule has 4 aromatic rings. The zero-order valence-electron chi connectivity index (χ0n) is 20.6. The smallest absolute Gasteiger partial charge is 0.277 e. The van der Waals surface area contributed by atoms with Crippen LogP contribution in [0.1, 0.15) is 36.2 Å². The second-order valence-electron chi connectivity index (χ2n) is 9.11. The van der Waals surface area contributed by atoms with Gasteiger partial charge in [-0.2, -0.15) is 0 Å². The van der Waals surface area contributed by atoms with Crippen LogP contribution in [0.25, 0.3) is 11.5 Å². The lowest BCUT2D eigenvalue weighted by atomic mass is 10.0. The number of benzene rings is 1. The van der Waals surface area contributed by atoms with E-state index >= 15 is 0 Å². The van der Waals surface area contributed by atoms with Crippen LogP contribution in [0.15, 0.2) is 64.4 Å². The van der Waals surface area contributed by atoms with Gasteiger partial charge in [-0.25, -0.2) is 13.8 Å². The van der Waals surface area contributed by atoms with Gasteiger partial charge in [-0.05, 0) is 57.5 Å². The number of ether oxygens (including phenoxy) is 1. The van der Waals surface area contributed by atoms with Gasteiger partial charge in [0.1, 0.15) is 34.8 Å². The summed E-state index contributed by atoms with van der Waals surface area (Å²) in [5.74, 6) is -1.19. The van der Waals surface area contributed by atoms with Crippen molar-refractivity contribution in [3.63, 3.8) is 0 Å². The first kappa shape index (κ1) is 26.2. The summed E-state index contributed by atoms with van der Waals surface area (Å²) >= 11 is 6.35. The molecule has 7 nitrogen and oxygen atoms in total. The minimum atomic E-state index is -1.36. The van der Waals surface area contributed by atoms with Crippen molar-refractivity contribution in [1.82, 2.24) is 14.1 Å². The van der Waals surface area contributed by atoms with E-state index in [9.17, 15) is 23.5 Å². The summed E-state index contributed by atoms with van der Waals surface area (Å²) in [5.41, 5.74) is -0.569. The van der Waals surface area contributed by atoms with Crippen LogP contribution < -0.4 is 15.9 Å². The van der Waals surface area contributed by atoms with E-state index in [4.69, 9.17) is 16.3 Å². The van der Waals surface area contributed by atoms with E-state index in [-0.39, 0.29) is 34.3 Å². The lowest BCUT2D eigenvalue weighted by Crippen LogP contribution is -2.31. The molecule has 3 aromatic heterocycles. The van der Waals surface area contributed by atoms with Crippen molar-refractivity contribution >= 4 is 11.6 Å². The largest absolute Gasteiger partial charge is 0.487 e. The van der Waals surface area contributed by atoms with Crippen molar-refractivity contribution in [2.45, 2.75) is 39.9 Å². The molecule has 0 bridgehead atoms. The van der Waals surface area contributed by atoms with Gasteiger partial charge in [-0.1, -0.05) is 11.6 Å². The highest BCUT2D eigenvalue weighted by molar-refractivity contribution is 6.31. The van der Waals surface area contributed by atoms with Crippen LogP contribution in [0.2, 0.25) is 5.02 Å². The SMILES string of the molecule is Cc1cnc(-n2cccc(C(C)(C)O)c2=O)cc1-n1c(C)cc(OCc2ccc(F)cc2F)c(Cl)c1=O. The molecule has 0 saturated heterocycles. The first-order valence-corrected chi connectivity index (χ1v) is 11.7. The molecule has 0 unspecified atom stereocenters. The number of aromatic nitrogens is 3. The molecule has 0 aliphatic carbocycles. The molecule has 0 aliphatic heterocycles. The van der Waals surface area contributed by atoms with E-state index in [0.29, 0.717) is 16.9 Å². The summed E-state index contributed by atoms with van der Waals surface area (Å²) < 4.78 is 35.4. The molecule has 0 atom stereocenters. The Kier molecular flexibility index (Phi) is 7.03. The van der Waals surface area contributed by atoms with Gasteiger partial charge in [0, 0.05) is 47.4 Å². The normalized spacial score (nSPS) is 11.6. The van der Waals surface area contributed by atoms with Crippen LogP contribution in [-0.2, 0) is 12.2 Å². The van der Waals surface area contributed by atoms with Crippen LogP contribution in [0.4, 0.5) is 8.78 Å². The number of aryl methyl sites for hydroxylation is 2. The Morgan fingerprint density at radius 3 is 2.49 bits per heavy atom. The number of pyridine rings is 3. The van der Waals surface area contributed by atoms with Crippen molar-refractivity contribution in [2.24, 2.45) is 0 Å². The predicted octanol–water partition coefficient (Wildman–Crippen LogP) is 4.74. The zero-order chi connectivity index (χ0) is 27.1. The van der Waals surface area contributed by atoms with E-state index in [1.807, 2.05) is 0 Å². The lowest BCUT2D eigenvalue weighted by molar-refractivity contribution is 0.0767. The fourth-order valence-electron chi connectivity index (χ4n) is 3.90. The highest BCUT2D eigenvalue weighted by Gasteiger charge is 2.22.